The van der Waals surface area contributed by atoms with Crippen LogP contribution in [0.1, 0.15) is 66.0 Å². The van der Waals surface area contributed by atoms with Crippen molar-refractivity contribution >= 4 is 11.6 Å². The van der Waals surface area contributed by atoms with Gasteiger partial charge in [0, 0.05) is 18.4 Å². The molecule has 0 amide bonds. The van der Waals surface area contributed by atoms with E-state index in [1.807, 2.05) is 6.92 Å². The summed E-state index contributed by atoms with van der Waals surface area (Å²) < 4.78 is 12.1. The van der Waals surface area contributed by atoms with Gasteiger partial charge < -0.3 is 24.8 Å². The predicted molar refractivity (Wildman–Crippen MR) is 118 cm³/mol. The third-order valence-electron chi connectivity index (χ3n) is 6.76. The molecule has 2 heterocycles. The highest BCUT2D eigenvalue weighted by molar-refractivity contribution is 6.33. The lowest BCUT2D eigenvalue weighted by atomic mass is 9.88. The molecule has 5 rings (SSSR count). The summed E-state index contributed by atoms with van der Waals surface area (Å²) in [6.07, 6.45) is 0.900. The number of aliphatic hydroxyl groups is 3. The van der Waals surface area contributed by atoms with Crippen molar-refractivity contribution in [2.24, 2.45) is 0 Å². The van der Waals surface area contributed by atoms with Gasteiger partial charge in [0.2, 0.25) is 0 Å². The number of ether oxygens (including phenoxy) is 2. The van der Waals surface area contributed by atoms with Gasteiger partial charge in [-0.25, -0.2) is 0 Å². The molecule has 0 spiro atoms. The van der Waals surface area contributed by atoms with Gasteiger partial charge in [0.05, 0.1) is 23.8 Å². The summed E-state index contributed by atoms with van der Waals surface area (Å²) in [5.74, 6) is 1.42. The van der Waals surface area contributed by atoms with E-state index in [0.717, 1.165) is 22.6 Å². The highest BCUT2D eigenvalue weighted by Crippen LogP contribution is 2.46. The van der Waals surface area contributed by atoms with Crippen LogP contribution in [0.4, 0.5) is 0 Å². The van der Waals surface area contributed by atoms with Crippen molar-refractivity contribution < 1.29 is 24.8 Å². The average molecular weight is 445 g/mol. The summed E-state index contributed by atoms with van der Waals surface area (Å²) in [5.41, 5.74) is 5.46. The molecule has 5 atom stereocenters. The Morgan fingerprint density at radius 3 is 2.55 bits per heavy atom. The molecule has 1 saturated heterocycles. The van der Waals surface area contributed by atoms with Crippen LogP contribution < -0.4 is 4.74 Å². The largest absolute Gasteiger partial charge is 0.488 e. The van der Waals surface area contributed by atoms with Gasteiger partial charge in [0.25, 0.3) is 0 Å². The van der Waals surface area contributed by atoms with E-state index in [1.54, 1.807) is 0 Å². The smallest absolute Gasteiger partial charge is 0.142 e. The van der Waals surface area contributed by atoms with Crippen LogP contribution in [0.3, 0.4) is 0 Å². The minimum Gasteiger partial charge on any atom is -0.488 e. The fourth-order valence-corrected chi connectivity index (χ4v) is 5.16. The first kappa shape index (κ1) is 21.2. The van der Waals surface area contributed by atoms with Crippen LogP contribution >= 0.6 is 11.6 Å². The minimum atomic E-state index is -1.10. The standard InChI is InChI=1S/C25H29ClO5/c1-13-8-19-18(21-11-20(28)24(29)22(12-27)31-21)10-17(23(26)25(19)30-13)9-14-2-4-15(5-3-14)16-6-7-16/h2-5,10,13,16,20-22,24,27-29H,6-9,11-12H2,1H3/t13?,20?,21?,22?,24-/m0/s1. The van der Waals surface area contributed by atoms with Gasteiger partial charge in [0.15, 0.2) is 0 Å². The van der Waals surface area contributed by atoms with Gasteiger partial charge in [-0.3, -0.25) is 0 Å². The minimum absolute atomic E-state index is 0.00654. The molecule has 31 heavy (non-hydrogen) atoms. The molecule has 2 aliphatic heterocycles. The number of rotatable bonds is 5. The zero-order chi connectivity index (χ0) is 21.7. The molecule has 5 nitrogen and oxygen atoms in total. The number of fused-ring (bicyclic) bond motifs is 1. The van der Waals surface area contributed by atoms with E-state index in [1.165, 1.54) is 24.0 Å². The van der Waals surface area contributed by atoms with E-state index in [-0.39, 0.29) is 19.1 Å². The molecule has 0 bridgehead atoms. The summed E-state index contributed by atoms with van der Waals surface area (Å²) in [7, 11) is 0. The Morgan fingerprint density at radius 1 is 1.13 bits per heavy atom. The van der Waals surface area contributed by atoms with Gasteiger partial charge in [0.1, 0.15) is 24.1 Å². The number of aliphatic hydroxyl groups excluding tert-OH is 3. The first-order valence-corrected chi connectivity index (χ1v) is 11.5. The fourth-order valence-electron chi connectivity index (χ4n) is 4.88. The Labute approximate surface area is 187 Å². The molecule has 2 aromatic carbocycles. The zero-order valence-electron chi connectivity index (χ0n) is 17.6. The lowest BCUT2D eigenvalue weighted by molar-refractivity contribution is -0.181. The quantitative estimate of drug-likeness (QED) is 0.655. The molecule has 3 N–H and O–H groups in total. The highest BCUT2D eigenvalue weighted by atomic mass is 35.5. The van der Waals surface area contributed by atoms with E-state index >= 15 is 0 Å². The van der Waals surface area contributed by atoms with Gasteiger partial charge in [-0.15, -0.1) is 0 Å². The second kappa shape index (κ2) is 8.38. The molecule has 6 heteroatoms. The van der Waals surface area contributed by atoms with E-state index in [2.05, 4.69) is 30.3 Å². The maximum atomic E-state index is 10.3. The van der Waals surface area contributed by atoms with Crippen molar-refractivity contribution in [2.45, 2.75) is 75.5 Å². The third kappa shape index (κ3) is 4.10. The van der Waals surface area contributed by atoms with E-state index in [0.29, 0.717) is 23.6 Å². The Hall–Kier alpha value is -1.63. The van der Waals surface area contributed by atoms with Crippen LogP contribution in [0.15, 0.2) is 30.3 Å². The molecule has 4 unspecified atom stereocenters. The lowest BCUT2D eigenvalue weighted by Gasteiger charge is -2.37. The SMILES string of the molecule is CC1Cc2c(C3CC(O)[C@H](O)C(CO)O3)cc(Cc3ccc(C4CC4)cc3)c(Cl)c2O1. The summed E-state index contributed by atoms with van der Waals surface area (Å²) in [6, 6.07) is 10.8. The van der Waals surface area contributed by atoms with Gasteiger partial charge in [-0.2, -0.15) is 0 Å². The Kier molecular flexibility index (Phi) is 5.74. The topological polar surface area (TPSA) is 79.2 Å². The van der Waals surface area contributed by atoms with Crippen molar-refractivity contribution in [3.05, 3.63) is 63.2 Å². The van der Waals surface area contributed by atoms with Gasteiger partial charge >= 0.3 is 0 Å². The Balaban J connectivity index is 1.48. The van der Waals surface area contributed by atoms with Gasteiger partial charge in [-0.05, 0) is 54.4 Å². The van der Waals surface area contributed by atoms with Crippen molar-refractivity contribution in [3.8, 4) is 5.75 Å². The summed E-state index contributed by atoms with van der Waals surface area (Å²) >= 11 is 6.78. The van der Waals surface area contributed by atoms with Crippen LogP contribution in [0.2, 0.25) is 5.02 Å². The molecule has 0 radical (unpaired) electrons. The summed E-state index contributed by atoms with van der Waals surface area (Å²) in [6.45, 7) is 1.66. The number of hydrogen-bond donors (Lipinski definition) is 3. The molecule has 1 saturated carbocycles. The van der Waals surface area contributed by atoms with Crippen molar-refractivity contribution in [1.29, 1.82) is 0 Å². The monoisotopic (exact) mass is 444 g/mol. The fraction of sp³-hybridized carbons (Fsp3) is 0.520. The van der Waals surface area contributed by atoms with Crippen LogP contribution in [-0.4, -0.2) is 46.3 Å². The normalized spacial score (nSPS) is 30.2. The van der Waals surface area contributed by atoms with E-state index < -0.39 is 24.4 Å². The maximum Gasteiger partial charge on any atom is 0.142 e. The van der Waals surface area contributed by atoms with Crippen molar-refractivity contribution in [3.63, 3.8) is 0 Å². The maximum absolute atomic E-state index is 10.3. The van der Waals surface area contributed by atoms with Crippen LogP contribution in [-0.2, 0) is 17.6 Å². The molecular weight excluding hydrogens is 416 g/mol. The Bertz CT molecular complexity index is 955. The number of halogens is 1. The second-order valence-electron chi connectivity index (χ2n) is 9.21. The number of hydrogen-bond acceptors (Lipinski definition) is 5. The molecule has 1 aliphatic carbocycles. The molecule has 166 valence electrons. The summed E-state index contributed by atoms with van der Waals surface area (Å²) in [5, 5.41) is 30.7. The first-order chi connectivity index (χ1) is 14.9. The highest BCUT2D eigenvalue weighted by Gasteiger charge is 2.39. The molecular formula is C25H29ClO5. The van der Waals surface area contributed by atoms with E-state index in [9.17, 15) is 15.3 Å². The second-order valence-corrected chi connectivity index (χ2v) is 9.59. The predicted octanol–water partition coefficient (Wildman–Crippen LogP) is 3.68. The molecule has 2 fully saturated rings. The average Bonchev–Trinajstić information content (AvgIpc) is 3.53. The van der Waals surface area contributed by atoms with Crippen LogP contribution in [0.5, 0.6) is 5.75 Å². The first-order valence-electron chi connectivity index (χ1n) is 11.2. The molecule has 3 aliphatic rings. The van der Waals surface area contributed by atoms with Crippen molar-refractivity contribution in [1.82, 2.24) is 0 Å². The van der Waals surface area contributed by atoms with Crippen molar-refractivity contribution in [2.75, 3.05) is 6.61 Å². The zero-order valence-corrected chi connectivity index (χ0v) is 18.4. The summed E-state index contributed by atoms with van der Waals surface area (Å²) in [4.78, 5) is 0. The van der Waals surface area contributed by atoms with Crippen LogP contribution in [0, 0.1) is 0 Å². The van der Waals surface area contributed by atoms with E-state index in [4.69, 9.17) is 21.1 Å². The van der Waals surface area contributed by atoms with Crippen LogP contribution in [0.25, 0.3) is 0 Å². The third-order valence-corrected chi connectivity index (χ3v) is 7.18. The number of benzene rings is 2. The molecule has 2 aromatic rings. The lowest BCUT2D eigenvalue weighted by Crippen LogP contribution is -2.47. The van der Waals surface area contributed by atoms with Gasteiger partial charge in [-0.1, -0.05) is 41.9 Å². The molecule has 0 aromatic heterocycles. The Morgan fingerprint density at radius 2 is 1.87 bits per heavy atom.